The second-order valence-electron chi connectivity index (χ2n) is 11.3. The number of rotatable bonds is 7. The molecule has 3 amide bonds. The van der Waals surface area contributed by atoms with Crippen LogP contribution in [0.1, 0.15) is 62.5 Å². The number of nitrogens with two attached hydrogens (primary N) is 1. The molecular weight excluding hydrogens is 540 g/mol. The quantitative estimate of drug-likeness (QED) is 0.256. The Morgan fingerprint density at radius 1 is 1.02 bits per heavy atom. The standard InChI is InChI=1S/C17H28N2O3.C13H14N4O3/c1-18-16(20)15(11-13-5-3-2-4-6-13)19(17(18)21)12-14-7-9-22-10-8-14;1-15-10(14)9-11(18)16-13(20)17(12(9)19)7-8-5-3-2-4-6-8/h13-15H,2-12H2,1H3;2-6,19H,7H2,1H3,(H2,14,15)(H,16,18,20). The summed E-state index contributed by atoms with van der Waals surface area (Å²) in [5.74, 6) is 0.462. The van der Waals surface area contributed by atoms with Crippen LogP contribution in [0.5, 0.6) is 5.88 Å². The first-order chi connectivity index (χ1) is 20.2. The highest BCUT2D eigenvalue weighted by molar-refractivity contribution is 6.03. The van der Waals surface area contributed by atoms with Gasteiger partial charge in [-0.25, -0.2) is 9.59 Å². The fourth-order valence-electron chi connectivity index (χ4n) is 5.97. The molecule has 5 rings (SSSR count). The lowest BCUT2D eigenvalue weighted by molar-refractivity contribution is -0.128. The molecule has 3 fully saturated rings. The lowest BCUT2D eigenvalue weighted by atomic mass is 9.84. The van der Waals surface area contributed by atoms with E-state index in [4.69, 9.17) is 10.5 Å². The maximum Gasteiger partial charge on any atom is 0.331 e. The van der Waals surface area contributed by atoms with Gasteiger partial charge in [-0.2, -0.15) is 0 Å². The van der Waals surface area contributed by atoms with E-state index >= 15 is 0 Å². The molecule has 1 saturated carbocycles. The molecule has 42 heavy (non-hydrogen) atoms. The van der Waals surface area contributed by atoms with Crippen molar-refractivity contribution in [2.45, 2.75) is 64.0 Å². The van der Waals surface area contributed by atoms with Gasteiger partial charge in [-0.15, -0.1) is 0 Å². The van der Waals surface area contributed by atoms with Gasteiger partial charge in [0.15, 0.2) is 0 Å². The van der Waals surface area contributed by atoms with Crippen molar-refractivity contribution in [1.82, 2.24) is 19.4 Å². The number of aromatic amines is 1. The number of hydrogen-bond acceptors (Lipinski definition) is 7. The van der Waals surface area contributed by atoms with Crippen LogP contribution in [0.25, 0.3) is 0 Å². The fourth-order valence-corrected chi connectivity index (χ4v) is 5.97. The minimum Gasteiger partial charge on any atom is -0.494 e. The van der Waals surface area contributed by atoms with E-state index in [9.17, 15) is 24.3 Å². The number of aliphatic imine (C=N–C) groups is 1. The molecule has 0 radical (unpaired) electrons. The second kappa shape index (κ2) is 14.3. The molecule has 4 N–H and O–H groups in total. The van der Waals surface area contributed by atoms with Gasteiger partial charge in [-0.3, -0.25) is 29.0 Å². The van der Waals surface area contributed by atoms with Crippen LogP contribution in [-0.2, 0) is 16.1 Å². The van der Waals surface area contributed by atoms with Crippen LogP contribution in [0.3, 0.4) is 0 Å². The van der Waals surface area contributed by atoms with Gasteiger partial charge in [0.05, 0.1) is 6.54 Å². The number of benzene rings is 1. The third kappa shape index (κ3) is 7.28. The number of amidine groups is 1. The predicted molar refractivity (Wildman–Crippen MR) is 159 cm³/mol. The number of likely N-dealkylation sites (N-methyl/N-ethyl adjacent to an activating group) is 1. The zero-order valence-corrected chi connectivity index (χ0v) is 24.5. The van der Waals surface area contributed by atoms with E-state index in [1.54, 1.807) is 19.2 Å². The molecule has 2 saturated heterocycles. The summed E-state index contributed by atoms with van der Waals surface area (Å²) < 4.78 is 6.43. The molecule has 1 aromatic carbocycles. The largest absolute Gasteiger partial charge is 0.494 e. The number of hydrogen-bond donors (Lipinski definition) is 3. The van der Waals surface area contributed by atoms with Crippen molar-refractivity contribution in [3.05, 3.63) is 62.3 Å². The number of carbonyl (C=O) groups excluding carboxylic acids is 2. The number of nitrogens with one attached hydrogen (secondary N) is 1. The maximum absolute atomic E-state index is 12.5. The molecule has 3 aliphatic rings. The van der Waals surface area contributed by atoms with E-state index in [1.165, 1.54) is 44.1 Å². The van der Waals surface area contributed by atoms with Crippen LogP contribution in [0.15, 0.2) is 44.9 Å². The van der Waals surface area contributed by atoms with E-state index in [0.717, 1.165) is 49.2 Å². The number of ether oxygens (including phenoxy) is 1. The summed E-state index contributed by atoms with van der Waals surface area (Å²) in [6.45, 7) is 2.40. The van der Waals surface area contributed by atoms with Gasteiger partial charge < -0.3 is 20.5 Å². The van der Waals surface area contributed by atoms with Crippen LogP contribution in [-0.4, -0.2) is 82.1 Å². The summed E-state index contributed by atoms with van der Waals surface area (Å²) in [6.07, 6.45) is 9.15. The molecule has 0 bridgehead atoms. The molecule has 1 unspecified atom stereocenters. The fraction of sp³-hybridized carbons (Fsp3) is 0.567. The van der Waals surface area contributed by atoms with Crippen LogP contribution in [0.2, 0.25) is 0 Å². The van der Waals surface area contributed by atoms with Gasteiger partial charge in [-0.1, -0.05) is 62.4 Å². The van der Waals surface area contributed by atoms with Crippen LogP contribution in [0.4, 0.5) is 4.79 Å². The number of carbonyl (C=O) groups is 2. The third-order valence-electron chi connectivity index (χ3n) is 8.45. The Hall–Kier alpha value is -3.93. The summed E-state index contributed by atoms with van der Waals surface area (Å²) >= 11 is 0. The van der Waals surface area contributed by atoms with Gasteiger partial charge in [0, 0.05) is 33.9 Å². The Morgan fingerprint density at radius 2 is 1.69 bits per heavy atom. The van der Waals surface area contributed by atoms with Gasteiger partial charge >= 0.3 is 11.7 Å². The lowest BCUT2D eigenvalue weighted by Gasteiger charge is -2.31. The Kier molecular flexibility index (Phi) is 10.6. The van der Waals surface area contributed by atoms with E-state index in [0.29, 0.717) is 11.8 Å². The first-order valence-electron chi connectivity index (χ1n) is 14.7. The minimum atomic E-state index is -0.764. The van der Waals surface area contributed by atoms with Gasteiger partial charge in [0.25, 0.3) is 11.5 Å². The number of urea groups is 1. The predicted octanol–water partition coefficient (Wildman–Crippen LogP) is 2.27. The van der Waals surface area contributed by atoms with E-state index in [1.807, 2.05) is 23.1 Å². The molecule has 12 heteroatoms. The number of imide groups is 1. The molecule has 2 aliphatic heterocycles. The first kappa shape index (κ1) is 31.0. The van der Waals surface area contributed by atoms with E-state index in [-0.39, 0.29) is 35.9 Å². The maximum atomic E-state index is 12.5. The molecule has 1 aromatic heterocycles. The SMILES string of the molecule is CN1C(=O)C(CC2CCCCC2)N(CC2CCOCC2)C1=O.CN=C(N)c1c(O)n(Cc2ccccc2)c(=O)[nH]c1=O. The minimum absolute atomic E-state index is 0.00244. The third-order valence-corrected chi connectivity index (χ3v) is 8.45. The molecular formula is C30H42N6O6. The first-order valence-corrected chi connectivity index (χ1v) is 14.7. The Bertz CT molecular complexity index is 1340. The van der Waals surface area contributed by atoms with Crippen LogP contribution >= 0.6 is 0 Å². The summed E-state index contributed by atoms with van der Waals surface area (Å²) in [5.41, 5.74) is 4.69. The van der Waals surface area contributed by atoms with Crippen molar-refractivity contribution >= 4 is 17.8 Å². The smallest absolute Gasteiger partial charge is 0.331 e. The number of aromatic hydroxyl groups is 1. The molecule has 1 atom stereocenters. The number of aromatic nitrogens is 2. The summed E-state index contributed by atoms with van der Waals surface area (Å²) in [5, 5.41) is 10.1. The van der Waals surface area contributed by atoms with Gasteiger partial charge in [0.2, 0.25) is 5.88 Å². The molecule has 2 aromatic rings. The van der Waals surface area contributed by atoms with Crippen molar-refractivity contribution in [3.8, 4) is 5.88 Å². The van der Waals surface area contributed by atoms with Crippen molar-refractivity contribution in [3.63, 3.8) is 0 Å². The molecule has 228 valence electrons. The zero-order chi connectivity index (χ0) is 30.2. The second-order valence-corrected chi connectivity index (χ2v) is 11.3. The lowest BCUT2D eigenvalue weighted by Crippen LogP contribution is -2.41. The highest BCUT2D eigenvalue weighted by atomic mass is 16.5. The van der Waals surface area contributed by atoms with Crippen molar-refractivity contribution in [2.24, 2.45) is 22.6 Å². The topological polar surface area (TPSA) is 163 Å². The van der Waals surface area contributed by atoms with Crippen molar-refractivity contribution < 1.29 is 19.4 Å². The zero-order valence-electron chi connectivity index (χ0n) is 24.5. The molecule has 1 aliphatic carbocycles. The molecule has 3 heterocycles. The van der Waals surface area contributed by atoms with Crippen molar-refractivity contribution in [2.75, 3.05) is 33.9 Å². The van der Waals surface area contributed by atoms with Gasteiger partial charge in [0.1, 0.15) is 17.4 Å². The Balaban J connectivity index is 0.000000194. The summed E-state index contributed by atoms with van der Waals surface area (Å²) in [4.78, 5) is 57.3. The number of amides is 3. The average Bonchev–Trinajstić information content (AvgIpc) is 3.19. The highest BCUT2D eigenvalue weighted by Crippen LogP contribution is 2.32. The summed E-state index contributed by atoms with van der Waals surface area (Å²) in [6, 6.07) is 8.74. The Morgan fingerprint density at radius 3 is 2.33 bits per heavy atom. The van der Waals surface area contributed by atoms with Crippen LogP contribution < -0.4 is 17.0 Å². The Labute approximate surface area is 245 Å². The summed E-state index contributed by atoms with van der Waals surface area (Å²) in [7, 11) is 3.02. The van der Waals surface area contributed by atoms with Gasteiger partial charge in [-0.05, 0) is 36.7 Å². The van der Waals surface area contributed by atoms with Crippen molar-refractivity contribution in [1.29, 1.82) is 0 Å². The molecule has 0 spiro atoms. The normalized spacial score (nSPS) is 20.5. The van der Waals surface area contributed by atoms with E-state index < -0.39 is 17.1 Å². The van der Waals surface area contributed by atoms with E-state index in [2.05, 4.69) is 9.98 Å². The molecule has 12 nitrogen and oxygen atoms in total. The number of H-pyrrole nitrogens is 1. The monoisotopic (exact) mass is 582 g/mol. The number of nitrogens with zero attached hydrogens (tertiary/aromatic N) is 4. The van der Waals surface area contributed by atoms with Crippen LogP contribution in [0, 0.1) is 11.8 Å². The highest BCUT2D eigenvalue weighted by Gasteiger charge is 2.44. The average molecular weight is 583 g/mol.